The quantitative estimate of drug-likeness (QED) is 0.619. The van der Waals surface area contributed by atoms with E-state index in [1.165, 1.54) is 18.5 Å². The van der Waals surface area contributed by atoms with Gasteiger partial charge < -0.3 is 9.88 Å². The van der Waals surface area contributed by atoms with E-state index in [4.69, 9.17) is 0 Å². The summed E-state index contributed by atoms with van der Waals surface area (Å²) in [4.78, 5) is 13.0. The molecule has 3 heterocycles. The fraction of sp³-hybridized carbons (Fsp3) is 0.176. The van der Waals surface area contributed by atoms with Gasteiger partial charge in [0.2, 0.25) is 0 Å². The number of nitrogens with one attached hydrogen (secondary N) is 1. The van der Waals surface area contributed by atoms with Crippen LogP contribution < -0.4 is 5.32 Å². The van der Waals surface area contributed by atoms with E-state index in [1.807, 2.05) is 30.9 Å². The van der Waals surface area contributed by atoms with E-state index < -0.39 is 0 Å². The molecule has 4 aromatic rings. The summed E-state index contributed by atoms with van der Waals surface area (Å²) in [5.41, 5.74) is 1.47. The summed E-state index contributed by atoms with van der Waals surface area (Å²) in [6.45, 7) is 0. The highest BCUT2D eigenvalue weighted by atomic mass is 19.1. The van der Waals surface area contributed by atoms with Gasteiger partial charge in [0.1, 0.15) is 29.8 Å². The van der Waals surface area contributed by atoms with Crippen LogP contribution in [0.25, 0.3) is 11.0 Å². The van der Waals surface area contributed by atoms with Crippen molar-refractivity contribution in [1.29, 1.82) is 0 Å². The van der Waals surface area contributed by atoms with E-state index in [2.05, 4.69) is 25.4 Å². The first-order chi connectivity index (χ1) is 12.1. The van der Waals surface area contributed by atoms with Crippen LogP contribution in [0.3, 0.4) is 0 Å². The van der Waals surface area contributed by atoms with E-state index in [-0.39, 0.29) is 11.9 Å². The molecule has 0 amide bonds. The van der Waals surface area contributed by atoms with Gasteiger partial charge in [-0.3, -0.25) is 4.68 Å². The molecule has 3 aromatic heterocycles. The highest BCUT2D eigenvalue weighted by Crippen LogP contribution is 2.28. The van der Waals surface area contributed by atoms with Gasteiger partial charge in [0.15, 0.2) is 5.65 Å². The zero-order chi connectivity index (χ0) is 17.4. The van der Waals surface area contributed by atoms with Crippen LogP contribution >= 0.6 is 0 Å². The number of halogens is 1. The molecule has 1 aromatic carbocycles. The number of fused-ring (bicyclic) bond motifs is 1. The van der Waals surface area contributed by atoms with Crippen LogP contribution in [0.15, 0.2) is 49.2 Å². The molecule has 1 N–H and O–H groups in total. The summed E-state index contributed by atoms with van der Waals surface area (Å²) in [7, 11) is 3.72. The summed E-state index contributed by atoms with van der Waals surface area (Å²) < 4.78 is 17.3. The summed E-state index contributed by atoms with van der Waals surface area (Å²) in [5.74, 6) is 1.07. The van der Waals surface area contributed by atoms with Gasteiger partial charge in [0.25, 0.3) is 0 Å². The molecule has 0 bridgehead atoms. The maximum Gasteiger partial charge on any atom is 0.163 e. The summed E-state index contributed by atoms with van der Waals surface area (Å²) in [5, 5.41) is 8.38. The van der Waals surface area contributed by atoms with Crippen molar-refractivity contribution in [1.82, 2.24) is 29.3 Å². The monoisotopic (exact) mass is 337 g/mol. The molecular weight excluding hydrogens is 321 g/mol. The first kappa shape index (κ1) is 15.3. The second-order valence-electron chi connectivity index (χ2n) is 5.76. The van der Waals surface area contributed by atoms with Gasteiger partial charge in [-0.25, -0.2) is 19.3 Å². The lowest BCUT2D eigenvalue weighted by atomic mass is 10.1. The van der Waals surface area contributed by atoms with Crippen LogP contribution in [0.1, 0.15) is 17.4 Å². The fourth-order valence-electron chi connectivity index (χ4n) is 2.85. The minimum atomic E-state index is -0.367. The zero-order valence-corrected chi connectivity index (χ0v) is 13.8. The van der Waals surface area contributed by atoms with Crippen LogP contribution in [0.5, 0.6) is 0 Å². The Morgan fingerprint density at radius 3 is 2.80 bits per heavy atom. The Hall–Kier alpha value is -3.29. The van der Waals surface area contributed by atoms with E-state index in [1.54, 1.807) is 23.1 Å². The lowest BCUT2D eigenvalue weighted by Gasteiger charge is -2.20. The number of benzene rings is 1. The van der Waals surface area contributed by atoms with Crippen molar-refractivity contribution in [3.05, 3.63) is 66.4 Å². The lowest BCUT2D eigenvalue weighted by Crippen LogP contribution is -2.18. The first-order valence-electron chi connectivity index (χ1n) is 7.75. The van der Waals surface area contributed by atoms with Crippen molar-refractivity contribution in [3.63, 3.8) is 0 Å². The number of rotatable bonds is 4. The maximum absolute atomic E-state index is 13.8. The van der Waals surface area contributed by atoms with Crippen molar-refractivity contribution < 1.29 is 4.39 Å². The first-order valence-corrected chi connectivity index (χ1v) is 7.75. The second kappa shape index (κ2) is 5.97. The predicted molar refractivity (Wildman–Crippen MR) is 91.4 cm³/mol. The summed E-state index contributed by atoms with van der Waals surface area (Å²) in [6.07, 6.45) is 6.75. The van der Waals surface area contributed by atoms with E-state index in [0.717, 1.165) is 22.4 Å². The van der Waals surface area contributed by atoms with E-state index in [9.17, 15) is 4.39 Å². The smallest absolute Gasteiger partial charge is 0.163 e. The fourth-order valence-corrected chi connectivity index (χ4v) is 2.85. The molecule has 0 radical (unpaired) electrons. The highest BCUT2D eigenvalue weighted by molar-refractivity contribution is 5.86. The maximum atomic E-state index is 13.8. The van der Waals surface area contributed by atoms with Crippen LogP contribution in [0.2, 0.25) is 0 Å². The number of aromatic nitrogens is 6. The molecule has 0 spiro atoms. The average Bonchev–Trinajstić information content (AvgIpc) is 3.19. The van der Waals surface area contributed by atoms with Gasteiger partial charge in [0.05, 0.1) is 11.6 Å². The van der Waals surface area contributed by atoms with Crippen molar-refractivity contribution in [3.8, 4) is 0 Å². The molecule has 0 unspecified atom stereocenters. The molecular formula is C17H16FN7. The van der Waals surface area contributed by atoms with Crippen molar-refractivity contribution >= 4 is 16.9 Å². The van der Waals surface area contributed by atoms with E-state index >= 15 is 0 Å². The van der Waals surface area contributed by atoms with Crippen LogP contribution in [-0.2, 0) is 14.1 Å². The molecule has 0 aliphatic heterocycles. The Morgan fingerprint density at radius 1 is 1.16 bits per heavy atom. The normalized spacial score (nSPS) is 12.4. The number of hydrogen-bond acceptors (Lipinski definition) is 5. The molecule has 0 saturated carbocycles. The SMILES string of the molecule is Cn1ccnc1[C@@H](Nc1ncnc2c1cnn2C)c1cccc(F)c1. The molecule has 8 heteroatoms. The third-order valence-electron chi connectivity index (χ3n) is 4.11. The topological polar surface area (TPSA) is 73.5 Å². The van der Waals surface area contributed by atoms with Gasteiger partial charge in [0, 0.05) is 26.5 Å². The van der Waals surface area contributed by atoms with E-state index in [0.29, 0.717) is 5.82 Å². The molecule has 126 valence electrons. The molecule has 0 saturated heterocycles. The Balaban J connectivity index is 1.82. The summed E-state index contributed by atoms with van der Waals surface area (Å²) >= 11 is 0. The largest absolute Gasteiger partial charge is 0.356 e. The van der Waals surface area contributed by atoms with Gasteiger partial charge in [-0.1, -0.05) is 12.1 Å². The third kappa shape index (κ3) is 2.71. The molecule has 25 heavy (non-hydrogen) atoms. The lowest BCUT2D eigenvalue weighted by molar-refractivity contribution is 0.622. The molecule has 1 atom stereocenters. The molecule has 0 fully saturated rings. The second-order valence-corrected chi connectivity index (χ2v) is 5.76. The number of aryl methyl sites for hydroxylation is 2. The average molecular weight is 337 g/mol. The van der Waals surface area contributed by atoms with Gasteiger partial charge in [-0.05, 0) is 17.7 Å². The van der Waals surface area contributed by atoms with Gasteiger partial charge in [-0.15, -0.1) is 0 Å². The van der Waals surface area contributed by atoms with Crippen molar-refractivity contribution in [2.75, 3.05) is 5.32 Å². The van der Waals surface area contributed by atoms with Crippen molar-refractivity contribution in [2.24, 2.45) is 14.1 Å². The molecule has 7 nitrogen and oxygen atoms in total. The minimum absolute atomic E-state index is 0.298. The Bertz CT molecular complexity index is 1040. The van der Waals surface area contributed by atoms with Crippen molar-refractivity contribution in [2.45, 2.75) is 6.04 Å². The molecule has 0 aliphatic carbocycles. The number of nitrogens with zero attached hydrogens (tertiary/aromatic N) is 6. The van der Waals surface area contributed by atoms with Crippen LogP contribution in [-0.4, -0.2) is 29.3 Å². The Kier molecular flexibility index (Phi) is 3.64. The molecule has 0 aliphatic rings. The Labute approximate surface area is 143 Å². The van der Waals surface area contributed by atoms with Crippen LogP contribution in [0, 0.1) is 5.82 Å². The number of hydrogen-bond donors (Lipinski definition) is 1. The van der Waals surface area contributed by atoms with Gasteiger partial charge >= 0.3 is 0 Å². The number of anilines is 1. The van der Waals surface area contributed by atoms with Crippen LogP contribution in [0.4, 0.5) is 10.2 Å². The minimum Gasteiger partial charge on any atom is -0.356 e. The zero-order valence-electron chi connectivity index (χ0n) is 13.8. The van der Waals surface area contributed by atoms with Gasteiger partial charge in [-0.2, -0.15) is 5.10 Å². The number of imidazole rings is 1. The predicted octanol–water partition coefficient (Wildman–Crippen LogP) is 2.44. The molecule has 4 rings (SSSR count). The highest BCUT2D eigenvalue weighted by Gasteiger charge is 2.21. The summed E-state index contributed by atoms with van der Waals surface area (Å²) in [6, 6.07) is 6.09. The third-order valence-corrected chi connectivity index (χ3v) is 4.11. The standard InChI is InChI=1S/C17H16FN7/c1-24-7-6-19-17(24)14(11-4-3-5-12(18)8-11)23-15-13-9-22-25(2)16(13)21-10-20-15/h3-10,14H,1-2H3,(H,20,21,23)/t14-/m0/s1. The Morgan fingerprint density at radius 2 is 2.04 bits per heavy atom.